The van der Waals surface area contributed by atoms with Crippen molar-refractivity contribution < 1.29 is 19.3 Å². The molecule has 0 radical (unpaired) electrons. The average molecular weight is 504 g/mol. The first kappa shape index (κ1) is 28.0. The number of unbranched alkanes of at least 4 members (excludes halogenated alkanes) is 1. The third kappa shape index (κ3) is 9.10. The molecular formula is C30H37N3O4. The van der Waals surface area contributed by atoms with Gasteiger partial charge < -0.3 is 30.0 Å². The Morgan fingerprint density at radius 3 is 2.43 bits per heavy atom. The molecule has 1 aliphatic heterocycles. The molecule has 3 N–H and O–H groups in total. The van der Waals surface area contributed by atoms with E-state index in [0.29, 0.717) is 31.0 Å². The minimum absolute atomic E-state index is 0.248. The number of hydrogen-bond acceptors (Lipinski definition) is 7. The summed E-state index contributed by atoms with van der Waals surface area (Å²) < 4.78 is 16.6. The number of nitrogens with zero attached hydrogens (tertiary/aromatic N) is 1. The quantitative estimate of drug-likeness (QED) is 0.311. The van der Waals surface area contributed by atoms with E-state index in [0.717, 1.165) is 54.1 Å². The Hall–Kier alpha value is -3.57. The summed E-state index contributed by atoms with van der Waals surface area (Å²) in [6, 6.07) is 17.9. The smallest absolute Gasteiger partial charge is 0.119 e. The van der Waals surface area contributed by atoms with Gasteiger partial charge in [-0.3, -0.25) is 0 Å². The summed E-state index contributed by atoms with van der Waals surface area (Å²) in [5.41, 5.74) is 5.32. The van der Waals surface area contributed by atoms with Crippen LogP contribution in [0.3, 0.4) is 0 Å². The predicted octanol–water partition coefficient (Wildman–Crippen LogP) is 4.36. The molecule has 1 atom stereocenters. The average Bonchev–Trinajstić information content (AvgIpc) is 2.91. The number of hydrogen-bond donors (Lipinski definition) is 3. The van der Waals surface area contributed by atoms with E-state index in [2.05, 4.69) is 23.3 Å². The van der Waals surface area contributed by atoms with Crippen molar-refractivity contribution in [3.8, 4) is 17.6 Å². The van der Waals surface area contributed by atoms with E-state index in [4.69, 9.17) is 14.2 Å². The third-order valence-electron chi connectivity index (χ3n) is 6.00. The normalized spacial score (nSPS) is 14.0. The molecule has 7 heteroatoms. The summed E-state index contributed by atoms with van der Waals surface area (Å²) in [5.74, 6) is 1.56. The minimum atomic E-state index is -0.571. The fraction of sp³-hybridized carbons (Fsp3) is 0.367. The molecule has 0 aromatic heterocycles. The Bertz CT molecular complexity index is 1120. The molecule has 1 heterocycles. The van der Waals surface area contributed by atoms with Crippen LogP contribution in [0, 0.1) is 11.3 Å². The van der Waals surface area contributed by atoms with Crippen molar-refractivity contribution in [2.24, 2.45) is 0 Å². The lowest BCUT2D eigenvalue weighted by Gasteiger charge is -2.19. The zero-order valence-electron chi connectivity index (χ0n) is 21.8. The van der Waals surface area contributed by atoms with Gasteiger partial charge in [0.15, 0.2) is 0 Å². The number of nitriles is 1. The van der Waals surface area contributed by atoms with Crippen LogP contribution < -0.4 is 20.1 Å². The number of allylic oxidation sites excluding steroid dienone is 4. The van der Waals surface area contributed by atoms with Crippen molar-refractivity contribution in [1.29, 1.82) is 5.26 Å². The monoisotopic (exact) mass is 503 g/mol. The molecule has 0 saturated heterocycles. The summed E-state index contributed by atoms with van der Waals surface area (Å²) in [7, 11) is 1.69. The molecule has 7 nitrogen and oxygen atoms in total. The van der Waals surface area contributed by atoms with Crippen molar-refractivity contribution in [3.05, 3.63) is 89.3 Å². The van der Waals surface area contributed by atoms with Crippen LogP contribution >= 0.6 is 0 Å². The fourth-order valence-electron chi connectivity index (χ4n) is 3.87. The van der Waals surface area contributed by atoms with E-state index in [1.165, 1.54) is 5.56 Å². The van der Waals surface area contributed by atoms with Crippen LogP contribution in [-0.4, -0.2) is 51.2 Å². The first-order valence-electron chi connectivity index (χ1n) is 12.6. The zero-order chi connectivity index (χ0) is 26.5. The topological polar surface area (TPSA) is 95.8 Å². The highest BCUT2D eigenvalue weighted by molar-refractivity contribution is 5.81. The molecular weight excluding hydrogens is 466 g/mol. The first-order valence-corrected chi connectivity index (χ1v) is 12.6. The zero-order valence-corrected chi connectivity index (χ0v) is 21.8. The highest BCUT2D eigenvalue weighted by atomic mass is 16.5. The van der Waals surface area contributed by atoms with Gasteiger partial charge in [-0.15, -0.1) is 0 Å². The van der Waals surface area contributed by atoms with Crippen molar-refractivity contribution in [1.82, 2.24) is 10.6 Å². The van der Waals surface area contributed by atoms with Gasteiger partial charge in [0.2, 0.25) is 0 Å². The van der Waals surface area contributed by atoms with E-state index in [1.807, 2.05) is 61.5 Å². The van der Waals surface area contributed by atoms with Crippen molar-refractivity contribution in [3.63, 3.8) is 0 Å². The largest absolute Gasteiger partial charge is 0.494 e. The van der Waals surface area contributed by atoms with Gasteiger partial charge in [-0.1, -0.05) is 30.8 Å². The molecule has 0 unspecified atom stereocenters. The Morgan fingerprint density at radius 1 is 1.03 bits per heavy atom. The van der Waals surface area contributed by atoms with E-state index in [9.17, 15) is 10.4 Å². The predicted molar refractivity (Wildman–Crippen MR) is 146 cm³/mol. The molecule has 1 aliphatic rings. The summed E-state index contributed by atoms with van der Waals surface area (Å²) in [6.45, 7) is 8.69. The summed E-state index contributed by atoms with van der Waals surface area (Å²) >= 11 is 0. The van der Waals surface area contributed by atoms with Crippen LogP contribution in [0.5, 0.6) is 11.5 Å². The minimum Gasteiger partial charge on any atom is -0.494 e. The number of aliphatic hydroxyl groups is 1. The van der Waals surface area contributed by atoms with Gasteiger partial charge in [-0.25, -0.2) is 0 Å². The first-order chi connectivity index (χ1) is 18.0. The highest BCUT2D eigenvalue weighted by Crippen LogP contribution is 2.28. The Balaban J connectivity index is 1.27. The van der Waals surface area contributed by atoms with Crippen LogP contribution in [0.1, 0.15) is 30.9 Å². The van der Waals surface area contributed by atoms with Gasteiger partial charge in [0.05, 0.1) is 18.8 Å². The number of aliphatic hydroxyl groups excluding tert-OH is 1. The molecule has 0 saturated carbocycles. The van der Waals surface area contributed by atoms with Gasteiger partial charge >= 0.3 is 0 Å². The lowest BCUT2D eigenvalue weighted by molar-refractivity contribution is 0.106. The van der Waals surface area contributed by atoms with Crippen LogP contribution in [0.15, 0.2) is 78.2 Å². The van der Waals surface area contributed by atoms with E-state index < -0.39 is 6.10 Å². The van der Waals surface area contributed by atoms with Crippen molar-refractivity contribution >= 4 is 5.57 Å². The highest BCUT2D eigenvalue weighted by Gasteiger charge is 2.14. The maximum Gasteiger partial charge on any atom is 0.119 e. The molecule has 37 heavy (non-hydrogen) atoms. The molecule has 0 amide bonds. The van der Waals surface area contributed by atoms with Gasteiger partial charge in [-0.2, -0.15) is 5.26 Å². The number of dihydropyridines is 1. The molecule has 3 rings (SSSR count). The SMILES string of the molecule is C=C1NC(C)=C(c2ccc(OCCCCNC[C@H](O)COc3ccc(CCOC)cc3)cc2)C=C1C#N. The van der Waals surface area contributed by atoms with E-state index in [-0.39, 0.29) is 6.61 Å². The second kappa shape index (κ2) is 14.9. The summed E-state index contributed by atoms with van der Waals surface area (Å²) in [5, 5.41) is 25.8. The molecule has 196 valence electrons. The number of ether oxygens (including phenoxy) is 3. The standard InChI is InChI=1S/C30H37N3O4/c1-22-26(19-31)18-30(23(2)33-22)25-8-12-28(13-9-25)36-16-5-4-15-32-20-27(34)21-37-29-10-6-24(7-11-29)14-17-35-3/h6-13,18,27,32-34H,1,4-5,14-17,20-21H2,2-3H3/t27-/m0/s1. The second-order valence-electron chi connectivity index (χ2n) is 8.95. The number of benzene rings is 2. The summed E-state index contributed by atoms with van der Waals surface area (Å²) in [4.78, 5) is 0. The third-order valence-corrected chi connectivity index (χ3v) is 6.00. The van der Waals surface area contributed by atoms with Gasteiger partial charge in [0, 0.05) is 30.6 Å². The second-order valence-corrected chi connectivity index (χ2v) is 8.95. The molecule has 0 aliphatic carbocycles. The van der Waals surface area contributed by atoms with Crippen LogP contribution in [0.2, 0.25) is 0 Å². The molecule has 0 bridgehead atoms. The van der Waals surface area contributed by atoms with Gasteiger partial charge in [-0.05, 0) is 74.2 Å². The van der Waals surface area contributed by atoms with Crippen LogP contribution in [0.25, 0.3) is 5.57 Å². The number of nitrogens with one attached hydrogen (secondary N) is 2. The Morgan fingerprint density at radius 2 is 1.73 bits per heavy atom. The van der Waals surface area contributed by atoms with Crippen molar-refractivity contribution in [2.45, 2.75) is 32.3 Å². The van der Waals surface area contributed by atoms with Crippen LogP contribution in [0.4, 0.5) is 0 Å². The number of rotatable bonds is 15. The Labute approximate surface area is 220 Å². The maximum absolute atomic E-state index is 10.1. The maximum atomic E-state index is 10.1. The van der Waals surface area contributed by atoms with E-state index in [1.54, 1.807) is 7.11 Å². The lowest BCUT2D eigenvalue weighted by Crippen LogP contribution is -2.32. The van der Waals surface area contributed by atoms with Gasteiger partial charge in [0.25, 0.3) is 0 Å². The Kier molecular flexibility index (Phi) is 11.2. The van der Waals surface area contributed by atoms with Crippen LogP contribution in [-0.2, 0) is 11.2 Å². The lowest BCUT2D eigenvalue weighted by atomic mass is 9.97. The molecule has 0 spiro atoms. The number of methoxy groups -OCH3 is 1. The van der Waals surface area contributed by atoms with Crippen molar-refractivity contribution in [2.75, 3.05) is 40.0 Å². The molecule has 0 fully saturated rings. The van der Waals surface area contributed by atoms with Gasteiger partial charge in [0.1, 0.15) is 30.3 Å². The fourth-order valence-corrected chi connectivity index (χ4v) is 3.87. The molecule has 2 aromatic carbocycles. The molecule has 2 aromatic rings. The summed E-state index contributed by atoms with van der Waals surface area (Å²) in [6.07, 6.45) is 4.01. The van der Waals surface area contributed by atoms with E-state index >= 15 is 0 Å².